The molecule has 0 amide bonds. The molecule has 2 aromatic carbocycles. The third-order valence-corrected chi connectivity index (χ3v) is 4.00. The van der Waals surface area contributed by atoms with Gasteiger partial charge >= 0.3 is 0 Å². The summed E-state index contributed by atoms with van der Waals surface area (Å²) in [7, 11) is 0. The molecular formula is C18H12FN3OS. The zero-order valence-electron chi connectivity index (χ0n) is 12.5. The Balaban J connectivity index is 2.13. The largest absolute Gasteiger partial charge is 0.349 e. The Morgan fingerprint density at radius 2 is 1.67 bits per heavy atom. The van der Waals surface area contributed by atoms with E-state index in [1.807, 2.05) is 30.3 Å². The smallest absolute Gasteiger partial charge is 0.173 e. The number of anilines is 1. The van der Waals surface area contributed by atoms with Crippen molar-refractivity contribution in [2.45, 2.75) is 0 Å². The molecule has 0 aliphatic rings. The van der Waals surface area contributed by atoms with E-state index in [1.54, 1.807) is 12.1 Å². The molecule has 0 unspecified atom stereocenters. The first-order valence-electron chi connectivity index (χ1n) is 6.92. The van der Waals surface area contributed by atoms with Gasteiger partial charge < -0.3 is 5.32 Å². The molecule has 24 heavy (non-hydrogen) atoms. The van der Waals surface area contributed by atoms with Crippen LogP contribution in [0.3, 0.4) is 0 Å². The molecule has 2 aromatic rings. The van der Waals surface area contributed by atoms with Gasteiger partial charge in [-0.05, 0) is 36.4 Å². The molecule has 1 N–H and O–H groups in total. The van der Waals surface area contributed by atoms with Crippen LogP contribution >= 0.6 is 11.8 Å². The Kier molecular flexibility index (Phi) is 6.13. The lowest BCUT2D eigenvalue weighted by molar-refractivity contribution is 0.102. The fraction of sp³-hybridized carbons (Fsp3) is 0.0556. The summed E-state index contributed by atoms with van der Waals surface area (Å²) in [5.74, 6) is -0.613. The Morgan fingerprint density at radius 3 is 2.25 bits per heavy atom. The van der Waals surface area contributed by atoms with Crippen LogP contribution in [0, 0.1) is 28.5 Å². The third kappa shape index (κ3) is 4.70. The van der Waals surface area contributed by atoms with E-state index in [0.717, 1.165) is 11.8 Å². The molecule has 0 radical (unpaired) electrons. The van der Waals surface area contributed by atoms with Crippen LogP contribution in [0.2, 0.25) is 0 Å². The molecule has 2 rings (SSSR count). The maximum atomic E-state index is 12.9. The number of hydrogen-bond acceptors (Lipinski definition) is 5. The van der Waals surface area contributed by atoms with Gasteiger partial charge in [0.05, 0.1) is 5.75 Å². The molecule has 4 nitrogen and oxygen atoms in total. The van der Waals surface area contributed by atoms with Crippen molar-refractivity contribution in [3.63, 3.8) is 0 Å². The average molecular weight is 337 g/mol. The van der Waals surface area contributed by atoms with Gasteiger partial charge in [-0.3, -0.25) is 4.79 Å². The molecule has 0 spiro atoms. The van der Waals surface area contributed by atoms with E-state index >= 15 is 0 Å². The topological polar surface area (TPSA) is 76.7 Å². The maximum absolute atomic E-state index is 12.9. The number of halogens is 1. The first-order chi connectivity index (χ1) is 11.6. The first-order valence-corrected chi connectivity index (χ1v) is 7.90. The molecule has 0 heterocycles. The van der Waals surface area contributed by atoms with Gasteiger partial charge in [-0.25, -0.2) is 4.39 Å². The number of nitriles is 2. The number of rotatable bonds is 6. The van der Waals surface area contributed by atoms with Gasteiger partial charge in [-0.15, -0.1) is 0 Å². The monoisotopic (exact) mass is 337 g/mol. The van der Waals surface area contributed by atoms with E-state index < -0.39 is 5.82 Å². The van der Waals surface area contributed by atoms with Crippen LogP contribution in [-0.4, -0.2) is 11.5 Å². The quantitative estimate of drug-likeness (QED) is 0.634. The second-order valence-corrected chi connectivity index (χ2v) is 5.62. The zero-order chi connectivity index (χ0) is 17.4. The normalized spacial score (nSPS) is 9.46. The minimum absolute atomic E-state index is 0.0215. The molecule has 118 valence electrons. The van der Waals surface area contributed by atoms with Crippen molar-refractivity contribution in [3.8, 4) is 12.1 Å². The van der Waals surface area contributed by atoms with Crippen molar-refractivity contribution < 1.29 is 9.18 Å². The second kappa shape index (κ2) is 8.52. The van der Waals surface area contributed by atoms with E-state index in [9.17, 15) is 9.18 Å². The van der Waals surface area contributed by atoms with Crippen LogP contribution in [0.25, 0.3) is 0 Å². The molecule has 0 saturated carbocycles. The molecule has 0 fully saturated rings. The number of carbonyl (C=O) groups excluding carboxylic acids is 1. The van der Waals surface area contributed by atoms with Crippen molar-refractivity contribution in [2.75, 3.05) is 11.1 Å². The molecule has 0 atom stereocenters. The number of thioether (sulfide) groups is 1. The molecule has 0 aromatic heterocycles. The summed E-state index contributed by atoms with van der Waals surface area (Å²) in [6.07, 6.45) is 0. The van der Waals surface area contributed by atoms with Gasteiger partial charge in [0, 0.05) is 11.3 Å². The minimum Gasteiger partial charge on any atom is -0.349 e. The summed E-state index contributed by atoms with van der Waals surface area (Å²) >= 11 is 1.06. The summed E-state index contributed by atoms with van der Waals surface area (Å²) in [6, 6.07) is 17.9. The Bertz CT molecular complexity index is 817. The molecule has 0 saturated heterocycles. The van der Waals surface area contributed by atoms with Crippen LogP contribution in [0.5, 0.6) is 0 Å². The van der Waals surface area contributed by atoms with E-state index in [2.05, 4.69) is 5.32 Å². The molecular weight excluding hydrogens is 325 g/mol. The van der Waals surface area contributed by atoms with Gasteiger partial charge in [0.15, 0.2) is 11.4 Å². The zero-order valence-corrected chi connectivity index (χ0v) is 13.3. The Hall–Kier alpha value is -3.09. The van der Waals surface area contributed by atoms with Crippen LogP contribution in [-0.2, 0) is 0 Å². The summed E-state index contributed by atoms with van der Waals surface area (Å²) in [5, 5.41) is 21.4. The number of ketones is 1. The number of nitrogens with zero attached hydrogens (tertiary/aromatic N) is 2. The fourth-order valence-corrected chi connectivity index (χ4v) is 2.67. The van der Waals surface area contributed by atoms with Gasteiger partial charge in [0.2, 0.25) is 0 Å². The van der Waals surface area contributed by atoms with Crippen molar-refractivity contribution >= 4 is 23.2 Å². The van der Waals surface area contributed by atoms with Gasteiger partial charge in [-0.2, -0.15) is 10.5 Å². The number of allylic oxidation sites excluding steroid dienone is 1. The first kappa shape index (κ1) is 17.3. The highest BCUT2D eigenvalue weighted by Crippen LogP contribution is 2.23. The number of nitrogens with one attached hydrogen (secondary N) is 1. The van der Waals surface area contributed by atoms with Crippen molar-refractivity contribution in [1.82, 2.24) is 0 Å². The number of Topliss-reactive ketones (excluding diaryl/α,β-unsaturated/α-hetero) is 1. The van der Waals surface area contributed by atoms with Crippen molar-refractivity contribution in [3.05, 3.63) is 76.6 Å². The minimum atomic E-state index is -0.415. The average Bonchev–Trinajstić information content (AvgIpc) is 2.61. The van der Waals surface area contributed by atoms with E-state index in [0.29, 0.717) is 16.3 Å². The van der Waals surface area contributed by atoms with E-state index in [1.165, 1.54) is 24.3 Å². The SMILES string of the molecule is N#CC(C#N)=C(Nc1ccccc1)SCC(=O)c1ccc(F)cc1. The van der Waals surface area contributed by atoms with Crippen LogP contribution in [0.15, 0.2) is 65.2 Å². The lowest BCUT2D eigenvalue weighted by Crippen LogP contribution is -2.06. The third-order valence-electron chi connectivity index (χ3n) is 3.00. The highest BCUT2D eigenvalue weighted by Gasteiger charge is 2.12. The lowest BCUT2D eigenvalue weighted by Gasteiger charge is -2.10. The van der Waals surface area contributed by atoms with E-state index in [-0.39, 0.29) is 17.1 Å². The van der Waals surface area contributed by atoms with Crippen LogP contribution in [0.1, 0.15) is 10.4 Å². The maximum Gasteiger partial charge on any atom is 0.173 e. The molecule has 0 aliphatic carbocycles. The fourth-order valence-electron chi connectivity index (χ4n) is 1.81. The van der Waals surface area contributed by atoms with Gasteiger partial charge in [0.1, 0.15) is 23.0 Å². The number of para-hydroxylation sites is 1. The van der Waals surface area contributed by atoms with Gasteiger partial charge in [0.25, 0.3) is 0 Å². The highest BCUT2D eigenvalue weighted by molar-refractivity contribution is 8.03. The predicted molar refractivity (Wildman–Crippen MR) is 91.5 cm³/mol. The summed E-state index contributed by atoms with van der Waals surface area (Å²) in [6.45, 7) is 0. The Morgan fingerprint density at radius 1 is 1.04 bits per heavy atom. The molecule has 0 bridgehead atoms. The summed E-state index contributed by atoms with van der Waals surface area (Å²) in [5.41, 5.74) is 0.978. The highest BCUT2D eigenvalue weighted by atomic mass is 32.2. The van der Waals surface area contributed by atoms with Crippen LogP contribution < -0.4 is 5.32 Å². The van der Waals surface area contributed by atoms with Gasteiger partial charge in [-0.1, -0.05) is 30.0 Å². The van der Waals surface area contributed by atoms with Crippen molar-refractivity contribution in [1.29, 1.82) is 10.5 Å². The lowest BCUT2D eigenvalue weighted by atomic mass is 10.1. The predicted octanol–water partition coefficient (Wildman–Crippen LogP) is 4.11. The molecule has 0 aliphatic heterocycles. The standard InChI is InChI=1S/C18H12FN3OS/c19-15-8-6-13(7-9-15)17(23)12-24-18(14(10-20)11-21)22-16-4-2-1-3-5-16/h1-9,22H,12H2. The second-order valence-electron chi connectivity index (χ2n) is 4.64. The van der Waals surface area contributed by atoms with Crippen molar-refractivity contribution in [2.24, 2.45) is 0 Å². The van der Waals surface area contributed by atoms with Crippen LogP contribution in [0.4, 0.5) is 10.1 Å². The van der Waals surface area contributed by atoms with E-state index in [4.69, 9.17) is 10.5 Å². The molecule has 6 heteroatoms. The Labute approximate surface area is 143 Å². The number of hydrogen-bond donors (Lipinski definition) is 1. The number of benzene rings is 2. The number of carbonyl (C=O) groups is 1. The summed E-state index contributed by atoms with van der Waals surface area (Å²) < 4.78 is 12.9. The summed E-state index contributed by atoms with van der Waals surface area (Å²) in [4.78, 5) is 12.2.